The van der Waals surface area contributed by atoms with Crippen LogP contribution in [-0.4, -0.2) is 15.2 Å². The Morgan fingerprint density at radius 3 is 2.33 bits per heavy atom. The van der Waals surface area contributed by atoms with Crippen molar-refractivity contribution >= 4 is 5.69 Å². The minimum atomic E-state index is -0.0347. The number of nitrogens with zero attached hydrogens (tertiary/aromatic N) is 1. The van der Waals surface area contributed by atoms with E-state index in [0.29, 0.717) is 0 Å². The van der Waals surface area contributed by atoms with Crippen molar-refractivity contribution in [1.82, 2.24) is 4.98 Å². The summed E-state index contributed by atoms with van der Waals surface area (Å²) in [6.45, 7) is 3.88. The minimum Gasteiger partial charge on any atom is -0.508 e. The lowest BCUT2D eigenvalue weighted by Gasteiger charge is -2.16. The fraction of sp³-hybridized carbons (Fsp3) is 0.214. The normalized spacial score (nSPS) is 12.1. The van der Waals surface area contributed by atoms with Gasteiger partial charge in [-0.2, -0.15) is 0 Å². The molecule has 18 heavy (non-hydrogen) atoms. The summed E-state index contributed by atoms with van der Waals surface area (Å²) in [5.41, 5.74) is 2.67. The van der Waals surface area contributed by atoms with Crippen LogP contribution in [-0.2, 0) is 0 Å². The average molecular weight is 244 g/mol. The fourth-order valence-electron chi connectivity index (χ4n) is 1.75. The molecule has 1 unspecified atom stereocenters. The predicted molar refractivity (Wildman–Crippen MR) is 70.8 cm³/mol. The van der Waals surface area contributed by atoms with Gasteiger partial charge < -0.3 is 15.5 Å². The van der Waals surface area contributed by atoms with Crippen molar-refractivity contribution in [3.63, 3.8) is 0 Å². The molecule has 94 valence electrons. The number of phenolic OH excluding ortho intramolecular Hbond substituents is 2. The number of aromatic nitrogens is 1. The Morgan fingerprint density at radius 1 is 1.11 bits per heavy atom. The molecule has 2 aromatic rings. The second-order valence-electron chi connectivity index (χ2n) is 4.34. The van der Waals surface area contributed by atoms with Gasteiger partial charge >= 0.3 is 0 Å². The molecule has 0 aliphatic heterocycles. The van der Waals surface area contributed by atoms with Crippen LogP contribution in [0.4, 0.5) is 5.69 Å². The first-order valence-electron chi connectivity index (χ1n) is 5.77. The van der Waals surface area contributed by atoms with Gasteiger partial charge in [0.25, 0.3) is 0 Å². The molecule has 1 heterocycles. The van der Waals surface area contributed by atoms with Gasteiger partial charge in [-0.1, -0.05) is 0 Å². The van der Waals surface area contributed by atoms with Crippen LogP contribution < -0.4 is 5.32 Å². The van der Waals surface area contributed by atoms with Crippen LogP contribution in [0.15, 0.2) is 36.5 Å². The van der Waals surface area contributed by atoms with Crippen LogP contribution in [0, 0.1) is 6.92 Å². The molecule has 0 aliphatic carbocycles. The van der Waals surface area contributed by atoms with Crippen molar-refractivity contribution in [2.75, 3.05) is 5.32 Å². The van der Waals surface area contributed by atoms with Gasteiger partial charge in [0.1, 0.15) is 11.5 Å². The largest absolute Gasteiger partial charge is 0.508 e. The van der Waals surface area contributed by atoms with Gasteiger partial charge in [-0.25, -0.2) is 0 Å². The summed E-state index contributed by atoms with van der Waals surface area (Å²) >= 11 is 0. The number of phenols is 2. The first kappa shape index (κ1) is 12.2. The van der Waals surface area contributed by atoms with E-state index in [0.717, 1.165) is 16.9 Å². The Labute approximate surface area is 106 Å². The summed E-state index contributed by atoms with van der Waals surface area (Å²) in [6.07, 6.45) is 1.76. The SMILES string of the molecule is Cc1ccc(NC(C)c2cc(O)cc(O)c2)cn1. The molecular formula is C14H16N2O2. The number of anilines is 1. The van der Waals surface area contributed by atoms with Crippen molar-refractivity contribution in [3.05, 3.63) is 47.8 Å². The van der Waals surface area contributed by atoms with Crippen molar-refractivity contribution in [1.29, 1.82) is 0 Å². The summed E-state index contributed by atoms with van der Waals surface area (Å²) < 4.78 is 0. The first-order valence-corrected chi connectivity index (χ1v) is 5.77. The summed E-state index contributed by atoms with van der Waals surface area (Å²) in [6, 6.07) is 8.39. The molecule has 2 rings (SSSR count). The number of hydrogen-bond acceptors (Lipinski definition) is 4. The van der Waals surface area contributed by atoms with E-state index in [9.17, 15) is 10.2 Å². The van der Waals surface area contributed by atoms with Gasteiger partial charge in [0, 0.05) is 17.8 Å². The highest BCUT2D eigenvalue weighted by Crippen LogP contribution is 2.26. The van der Waals surface area contributed by atoms with Gasteiger partial charge in [-0.05, 0) is 43.7 Å². The molecule has 0 saturated carbocycles. The van der Waals surface area contributed by atoms with E-state index in [1.54, 1.807) is 18.3 Å². The second kappa shape index (κ2) is 4.96. The number of aromatic hydroxyl groups is 2. The number of pyridine rings is 1. The molecule has 1 aromatic heterocycles. The Balaban J connectivity index is 2.16. The van der Waals surface area contributed by atoms with E-state index >= 15 is 0 Å². The van der Waals surface area contributed by atoms with Crippen molar-refractivity contribution in [2.24, 2.45) is 0 Å². The predicted octanol–water partition coefficient (Wildman–Crippen LogP) is 2.97. The van der Waals surface area contributed by atoms with Gasteiger partial charge in [-0.15, -0.1) is 0 Å². The molecule has 0 amide bonds. The van der Waals surface area contributed by atoms with Crippen LogP contribution in [0.3, 0.4) is 0 Å². The monoisotopic (exact) mass is 244 g/mol. The third-order valence-corrected chi connectivity index (χ3v) is 2.72. The Bertz CT molecular complexity index is 518. The maximum atomic E-state index is 9.45. The molecule has 3 N–H and O–H groups in total. The summed E-state index contributed by atoms with van der Waals surface area (Å²) in [4.78, 5) is 4.20. The number of aryl methyl sites for hydroxylation is 1. The standard InChI is InChI=1S/C14H16N2O2/c1-9-3-4-12(8-15-9)16-10(2)11-5-13(17)7-14(18)6-11/h3-8,10,16-18H,1-2H3. The maximum Gasteiger partial charge on any atom is 0.119 e. The van der Waals surface area contributed by atoms with Crippen LogP contribution in [0.2, 0.25) is 0 Å². The summed E-state index contributed by atoms with van der Waals surface area (Å²) in [7, 11) is 0. The molecule has 4 heteroatoms. The first-order chi connectivity index (χ1) is 8.54. The van der Waals surface area contributed by atoms with Crippen LogP contribution >= 0.6 is 0 Å². The third-order valence-electron chi connectivity index (χ3n) is 2.72. The number of benzene rings is 1. The number of rotatable bonds is 3. The highest BCUT2D eigenvalue weighted by atomic mass is 16.3. The lowest BCUT2D eigenvalue weighted by molar-refractivity contribution is 0.448. The van der Waals surface area contributed by atoms with Crippen LogP contribution in [0.5, 0.6) is 11.5 Å². The zero-order valence-corrected chi connectivity index (χ0v) is 10.4. The average Bonchev–Trinajstić information content (AvgIpc) is 2.31. The van der Waals surface area contributed by atoms with Gasteiger partial charge in [0.15, 0.2) is 0 Å². The second-order valence-corrected chi connectivity index (χ2v) is 4.34. The van der Waals surface area contributed by atoms with Crippen molar-refractivity contribution in [2.45, 2.75) is 19.9 Å². The van der Waals surface area contributed by atoms with E-state index in [1.807, 2.05) is 26.0 Å². The molecule has 0 bridgehead atoms. The molecule has 1 aromatic carbocycles. The Hall–Kier alpha value is -2.23. The quantitative estimate of drug-likeness (QED) is 0.776. The van der Waals surface area contributed by atoms with Gasteiger partial charge in [0.05, 0.1) is 11.9 Å². The molecule has 0 spiro atoms. The zero-order chi connectivity index (χ0) is 13.1. The molecule has 0 fully saturated rings. The topological polar surface area (TPSA) is 65.4 Å². The summed E-state index contributed by atoms with van der Waals surface area (Å²) in [5, 5.41) is 22.1. The van der Waals surface area contributed by atoms with Crippen molar-refractivity contribution < 1.29 is 10.2 Å². The highest BCUT2D eigenvalue weighted by Gasteiger charge is 2.08. The van der Waals surface area contributed by atoms with Crippen molar-refractivity contribution in [3.8, 4) is 11.5 Å². The van der Waals surface area contributed by atoms with E-state index in [4.69, 9.17) is 0 Å². The fourth-order valence-corrected chi connectivity index (χ4v) is 1.75. The third kappa shape index (κ3) is 2.91. The van der Waals surface area contributed by atoms with E-state index in [1.165, 1.54) is 6.07 Å². The Morgan fingerprint density at radius 2 is 1.78 bits per heavy atom. The molecule has 0 radical (unpaired) electrons. The highest BCUT2D eigenvalue weighted by molar-refractivity contribution is 5.46. The Kier molecular flexibility index (Phi) is 3.37. The van der Waals surface area contributed by atoms with E-state index < -0.39 is 0 Å². The number of nitrogens with one attached hydrogen (secondary N) is 1. The lowest BCUT2D eigenvalue weighted by atomic mass is 10.1. The minimum absolute atomic E-state index is 0.0347. The molecule has 4 nitrogen and oxygen atoms in total. The zero-order valence-electron chi connectivity index (χ0n) is 10.4. The number of hydrogen-bond donors (Lipinski definition) is 3. The van der Waals surface area contributed by atoms with E-state index in [-0.39, 0.29) is 17.5 Å². The van der Waals surface area contributed by atoms with E-state index in [2.05, 4.69) is 10.3 Å². The maximum absolute atomic E-state index is 9.45. The van der Waals surface area contributed by atoms with Gasteiger partial charge in [-0.3, -0.25) is 4.98 Å². The lowest BCUT2D eigenvalue weighted by Crippen LogP contribution is -2.06. The molecular weight excluding hydrogens is 228 g/mol. The van der Waals surface area contributed by atoms with Crippen LogP contribution in [0.1, 0.15) is 24.2 Å². The van der Waals surface area contributed by atoms with Crippen LogP contribution in [0.25, 0.3) is 0 Å². The van der Waals surface area contributed by atoms with Gasteiger partial charge in [0.2, 0.25) is 0 Å². The molecule has 0 aliphatic rings. The molecule has 1 atom stereocenters. The summed E-state index contributed by atoms with van der Waals surface area (Å²) in [5.74, 6) is 0.112. The smallest absolute Gasteiger partial charge is 0.119 e. The molecule has 0 saturated heterocycles.